The Morgan fingerprint density at radius 3 is 2.71 bits per heavy atom. The molecule has 0 aliphatic carbocycles. The van der Waals surface area contributed by atoms with Gasteiger partial charge in [-0.2, -0.15) is 0 Å². The van der Waals surface area contributed by atoms with E-state index in [9.17, 15) is 13.6 Å². The first-order valence-electron chi connectivity index (χ1n) is 7.86. The molecule has 1 aliphatic rings. The van der Waals surface area contributed by atoms with Crippen molar-refractivity contribution in [2.45, 2.75) is 18.9 Å². The lowest BCUT2D eigenvalue weighted by Crippen LogP contribution is -2.28. The summed E-state index contributed by atoms with van der Waals surface area (Å²) in [6.07, 6.45) is 2.58. The van der Waals surface area contributed by atoms with Crippen LogP contribution in [-0.4, -0.2) is 52.9 Å². The molecule has 0 saturated carbocycles. The van der Waals surface area contributed by atoms with Crippen LogP contribution in [0.1, 0.15) is 34.2 Å². The number of likely N-dealkylation sites (tertiary alicyclic amines) is 1. The van der Waals surface area contributed by atoms with Crippen LogP contribution in [-0.2, 0) is 6.54 Å². The van der Waals surface area contributed by atoms with Gasteiger partial charge in [-0.15, -0.1) is 0 Å². The maximum Gasteiger partial charge on any atom is 0.254 e. The summed E-state index contributed by atoms with van der Waals surface area (Å²) in [4.78, 5) is 23.8. The number of halogens is 2. The highest BCUT2D eigenvalue weighted by Crippen LogP contribution is 2.26. The van der Waals surface area contributed by atoms with Crippen molar-refractivity contribution < 1.29 is 13.6 Å². The maximum atomic E-state index is 13.3. The molecule has 1 atom stereocenters. The summed E-state index contributed by atoms with van der Waals surface area (Å²) in [6, 6.07) is 2.90. The molecule has 1 amide bonds. The summed E-state index contributed by atoms with van der Waals surface area (Å²) in [7, 11) is 3.96. The van der Waals surface area contributed by atoms with Crippen molar-refractivity contribution in [2.75, 3.05) is 27.2 Å². The van der Waals surface area contributed by atoms with E-state index in [1.165, 1.54) is 0 Å². The van der Waals surface area contributed by atoms with E-state index in [0.29, 0.717) is 13.1 Å². The van der Waals surface area contributed by atoms with Gasteiger partial charge in [-0.25, -0.2) is 13.8 Å². The molecule has 1 saturated heterocycles. The van der Waals surface area contributed by atoms with Crippen LogP contribution in [0.3, 0.4) is 0 Å². The van der Waals surface area contributed by atoms with Gasteiger partial charge in [-0.05, 0) is 32.6 Å². The highest BCUT2D eigenvalue weighted by atomic mass is 19.1. The smallest absolute Gasteiger partial charge is 0.254 e. The van der Waals surface area contributed by atoms with Gasteiger partial charge in [0.15, 0.2) is 0 Å². The summed E-state index contributed by atoms with van der Waals surface area (Å²) in [5.41, 5.74) is 1.06. The van der Waals surface area contributed by atoms with Gasteiger partial charge in [0.1, 0.15) is 17.5 Å². The molecule has 2 aromatic rings. The zero-order chi connectivity index (χ0) is 17.3. The third-order valence-corrected chi connectivity index (χ3v) is 4.11. The molecule has 0 bridgehead atoms. The van der Waals surface area contributed by atoms with E-state index in [1.54, 1.807) is 4.90 Å². The quantitative estimate of drug-likeness (QED) is 0.934. The van der Waals surface area contributed by atoms with Crippen molar-refractivity contribution in [2.24, 2.45) is 0 Å². The Morgan fingerprint density at radius 2 is 2.04 bits per heavy atom. The van der Waals surface area contributed by atoms with Crippen molar-refractivity contribution in [3.63, 3.8) is 0 Å². The monoisotopic (exact) mass is 334 g/mol. The number of amides is 1. The molecule has 24 heavy (non-hydrogen) atoms. The second-order valence-corrected chi connectivity index (χ2v) is 6.43. The number of hydrogen-bond donors (Lipinski definition) is 1. The van der Waals surface area contributed by atoms with Gasteiger partial charge in [0.25, 0.3) is 5.91 Å². The topological polar surface area (TPSA) is 52.2 Å². The predicted octanol–water partition coefficient (Wildman–Crippen LogP) is 2.38. The molecule has 1 aromatic heterocycles. The average Bonchev–Trinajstić information content (AvgIpc) is 3.13. The Bertz CT molecular complexity index is 724. The highest BCUT2D eigenvalue weighted by Gasteiger charge is 2.30. The first kappa shape index (κ1) is 16.6. The van der Waals surface area contributed by atoms with Crippen molar-refractivity contribution in [1.82, 2.24) is 19.8 Å². The number of nitrogens with one attached hydrogen (secondary N) is 1. The third-order valence-electron chi connectivity index (χ3n) is 4.11. The first-order valence-corrected chi connectivity index (χ1v) is 7.86. The largest absolute Gasteiger partial charge is 0.345 e. The number of aromatic amines is 1. The summed E-state index contributed by atoms with van der Waals surface area (Å²) < 4.78 is 26.6. The number of aromatic nitrogens is 2. The Hall–Kier alpha value is -2.28. The third kappa shape index (κ3) is 3.62. The van der Waals surface area contributed by atoms with E-state index in [2.05, 4.69) is 9.97 Å². The number of imidazole rings is 1. The second kappa shape index (κ2) is 6.68. The Kier molecular flexibility index (Phi) is 4.62. The van der Waals surface area contributed by atoms with Gasteiger partial charge in [0.2, 0.25) is 0 Å². The molecule has 128 valence electrons. The molecule has 0 unspecified atom stereocenters. The summed E-state index contributed by atoms with van der Waals surface area (Å²) in [5.74, 6) is -0.867. The number of rotatable bonds is 4. The fraction of sp³-hybridized carbons (Fsp3) is 0.412. The summed E-state index contributed by atoms with van der Waals surface area (Å²) in [6.45, 7) is 1.81. The van der Waals surface area contributed by atoms with Crippen LogP contribution in [0.4, 0.5) is 8.78 Å². The molecule has 0 radical (unpaired) electrons. The Labute approximate surface area is 139 Å². The predicted molar refractivity (Wildman–Crippen MR) is 85.6 cm³/mol. The van der Waals surface area contributed by atoms with E-state index >= 15 is 0 Å². The second-order valence-electron chi connectivity index (χ2n) is 6.43. The zero-order valence-electron chi connectivity index (χ0n) is 13.7. The standard InChI is InChI=1S/C17H20F2N4O/c1-22(2)10-15-8-20-16(21-15)11-3-4-23(9-11)17(24)12-5-13(18)7-14(19)6-12/h5-8,11H,3-4,9-10H2,1-2H3,(H,20,21)/t11-/m1/s1. The number of carbonyl (C=O) groups excluding carboxylic acids is 1. The molecule has 7 heteroatoms. The molecule has 2 heterocycles. The molecule has 3 rings (SSSR count). The average molecular weight is 334 g/mol. The van der Waals surface area contributed by atoms with E-state index in [1.807, 2.05) is 25.2 Å². The molecule has 1 fully saturated rings. The minimum atomic E-state index is -0.742. The number of hydrogen-bond acceptors (Lipinski definition) is 3. The van der Waals surface area contributed by atoms with Crippen LogP contribution in [0.5, 0.6) is 0 Å². The SMILES string of the molecule is CN(C)Cc1cnc([C@@H]2CCN(C(=O)c3cc(F)cc(F)c3)C2)[nH]1. The normalized spacial score (nSPS) is 17.7. The van der Waals surface area contributed by atoms with Gasteiger partial charge < -0.3 is 14.8 Å². The Morgan fingerprint density at radius 1 is 1.33 bits per heavy atom. The molecule has 1 aromatic carbocycles. The van der Waals surface area contributed by atoms with Crippen LogP contribution < -0.4 is 0 Å². The van der Waals surface area contributed by atoms with E-state index < -0.39 is 11.6 Å². The van der Waals surface area contributed by atoms with Crippen molar-refractivity contribution in [3.8, 4) is 0 Å². The lowest BCUT2D eigenvalue weighted by atomic mass is 10.1. The van der Waals surface area contributed by atoms with Gasteiger partial charge in [0, 0.05) is 49.1 Å². The van der Waals surface area contributed by atoms with Gasteiger partial charge in [-0.3, -0.25) is 4.79 Å². The fourth-order valence-corrected chi connectivity index (χ4v) is 3.03. The Balaban J connectivity index is 1.68. The number of carbonyl (C=O) groups is 1. The maximum absolute atomic E-state index is 13.3. The molecule has 1 aliphatic heterocycles. The first-order chi connectivity index (χ1) is 11.4. The fourth-order valence-electron chi connectivity index (χ4n) is 3.03. The molecular weight excluding hydrogens is 314 g/mol. The number of H-pyrrole nitrogens is 1. The van der Waals surface area contributed by atoms with Crippen molar-refractivity contribution in [1.29, 1.82) is 0 Å². The van der Waals surface area contributed by atoms with E-state index in [-0.39, 0.29) is 17.4 Å². The van der Waals surface area contributed by atoms with E-state index in [0.717, 1.165) is 42.7 Å². The van der Waals surface area contributed by atoms with Gasteiger partial charge in [-0.1, -0.05) is 0 Å². The highest BCUT2D eigenvalue weighted by molar-refractivity contribution is 5.94. The summed E-state index contributed by atoms with van der Waals surface area (Å²) in [5, 5.41) is 0. The minimum absolute atomic E-state index is 0.0425. The lowest BCUT2D eigenvalue weighted by molar-refractivity contribution is 0.0789. The zero-order valence-corrected chi connectivity index (χ0v) is 13.7. The minimum Gasteiger partial charge on any atom is -0.345 e. The van der Waals surface area contributed by atoms with Crippen LogP contribution in [0.25, 0.3) is 0 Å². The van der Waals surface area contributed by atoms with Crippen molar-refractivity contribution in [3.05, 3.63) is 53.1 Å². The van der Waals surface area contributed by atoms with Crippen LogP contribution in [0, 0.1) is 11.6 Å². The van der Waals surface area contributed by atoms with Crippen molar-refractivity contribution >= 4 is 5.91 Å². The lowest BCUT2D eigenvalue weighted by Gasteiger charge is -2.16. The van der Waals surface area contributed by atoms with Gasteiger partial charge in [0.05, 0.1) is 0 Å². The van der Waals surface area contributed by atoms with E-state index in [4.69, 9.17) is 0 Å². The summed E-state index contributed by atoms with van der Waals surface area (Å²) >= 11 is 0. The van der Waals surface area contributed by atoms with Crippen LogP contribution in [0.15, 0.2) is 24.4 Å². The molecule has 5 nitrogen and oxygen atoms in total. The van der Waals surface area contributed by atoms with Crippen LogP contribution in [0.2, 0.25) is 0 Å². The molecular formula is C17H20F2N4O. The molecule has 0 spiro atoms. The number of nitrogens with zero attached hydrogens (tertiary/aromatic N) is 3. The van der Waals surface area contributed by atoms with Gasteiger partial charge >= 0.3 is 0 Å². The molecule has 1 N–H and O–H groups in total. The van der Waals surface area contributed by atoms with Crippen LogP contribution >= 0.6 is 0 Å². The number of benzene rings is 1.